The highest BCUT2D eigenvalue weighted by atomic mass is 19.3. The van der Waals surface area contributed by atoms with E-state index in [1.54, 1.807) is 0 Å². The van der Waals surface area contributed by atoms with Crippen LogP contribution >= 0.6 is 0 Å². The van der Waals surface area contributed by atoms with Crippen LogP contribution in [-0.2, 0) is 0 Å². The van der Waals surface area contributed by atoms with Gasteiger partial charge >= 0.3 is 6.01 Å². The predicted octanol–water partition coefficient (Wildman–Crippen LogP) is 4.61. The monoisotopic (exact) mass is 614 g/mol. The average molecular weight is 615 g/mol. The van der Waals surface area contributed by atoms with E-state index in [-0.39, 0.29) is 65.8 Å². The Morgan fingerprint density at radius 2 is 1.89 bits per heavy atom. The number of ether oxygens (including phenoxy) is 2. The van der Waals surface area contributed by atoms with Gasteiger partial charge in [-0.05, 0) is 63.3 Å². The number of hydrogen-bond donors (Lipinski definition) is 2. The number of benzene rings is 1. The highest BCUT2D eigenvalue weighted by Crippen LogP contribution is 2.48. The van der Waals surface area contributed by atoms with E-state index in [1.165, 1.54) is 24.4 Å². The fraction of sp³-hybridized carbons (Fsp3) is 0.581. The summed E-state index contributed by atoms with van der Waals surface area (Å²) in [5.41, 5.74) is -2.27. The van der Waals surface area contributed by atoms with Crippen LogP contribution in [0.5, 0.6) is 17.5 Å². The second-order valence-electron chi connectivity index (χ2n) is 13.1. The molecule has 234 valence electrons. The number of phenols is 1. The van der Waals surface area contributed by atoms with Crippen LogP contribution < -0.4 is 19.7 Å². The number of aromatic hydroxyl groups is 1. The van der Waals surface area contributed by atoms with Gasteiger partial charge < -0.3 is 24.8 Å². The minimum atomic E-state index is -2.72. The van der Waals surface area contributed by atoms with Crippen LogP contribution in [0.1, 0.15) is 44.9 Å². The SMILES string of the molecule is Oc1ccc(OC2(C(F)F)CC2)c(-c2ncc3c(N4CC5CCC(C4)N5)nc(OC[C@@]45CCCN4C[C@H](F)C5)nc3c2F)c1. The Bertz CT molecular complexity index is 1600. The number of fused-ring (bicyclic) bond motifs is 4. The molecule has 5 aliphatic rings. The van der Waals surface area contributed by atoms with Gasteiger partial charge in [0.05, 0.1) is 10.9 Å². The number of hydrogen-bond acceptors (Lipinski definition) is 9. The first-order valence-corrected chi connectivity index (χ1v) is 15.4. The molecule has 0 radical (unpaired) electrons. The van der Waals surface area contributed by atoms with Crippen molar-refractivity contribution in [3.63, 3.8) is 0 Å². The molecule has 1 aliphatic carbocycles. The first kappa shape index (κ1) is 28.1. The Balaban J connectivity index is 1.21. The molecular formula is C31H34F4N6O3. The van der Waals surface area contributed by atoms with E-state index in [2.05, 4.69) is 25.1 Å². The third-order valence-electron chi connectivity index (χ3n) is 10.1. The molecule has 8 rings (SSSR count). The van der Waals surface area contributed by atoms with Gasteiger partial charge in [0.2, 0.25) is 0 Å². The molecular weight excluding hydrogens is 580 g/mol. The Kier molecular flexibility index (Phi) is 6.57. The summed E-state index contributed by atoms with van der Waals surface area (Å²) in [5, 5.41) is 14.2. The molecule has 0 spiro atoms. The van der Waals surface area contributed by atoms with Gasteiger partial charge in [0.25, 0.3) is 6.43 Å². The van der Waals surface area contributed by atoms with Crippen molar-refractivity contribution in [3.8, 4) is 28.8 Å². The van der Waals surface area contributed by atoms with Crippen LogP contribution in [0.3, 0.4) is 0 Å². The van der Waals surface area contributed by atoms with Crippen molar-refractivity contribution in [2.45, 2.75) is 80.8 Å². The summed E-state index contributed by atoms with van der Waals surface area (Å²) in [6.07, 6.45) is 2.38. The maximum absolute atomic E-state index is 16.6. The number of aromatic nitrogens is 3. The minimum Gasteiger partial charge on any atom is -0.508 e. The maximum atomic E-state index is 16.6. The van der Waals surface area contributed by atoms with Crippen LogP contribution in [0.15, 0.2) is 24.4 Å². The van der Waals surface area contributed by atoms with E-state index in [0.29, 0.717) is 37.3 Å². The third-order valence-corrected chi connectivity index (χ3v) is 10.1. The molecule has 5 fully saturated rings. The summed E-state index contributed by atoms with van der Waals surface area (Å²) in [6, 6.07) is 4.45. The van der Waals surface area contributed by atoms with Crippen LogP contribution in [0, 0.1) is 5.82 Å². The highest BCUT2D eigenvalue weighted by Gasteiger charge is 2.54. The van der Waals surface area contributed by atoms with E-state index in [9.17, 15) is 18.3 Å². The Hall–Kier alpha value is -3.45. The van der Waals surface area contributed by atoms with Crippen molar-refractivity contribution in [2.75, 3.05) is 37.7 Å². The van der Waals surface area contributed by atoms with Gasteiger partial charge in [-0.3, -0.25) is 9.88 Å². The van der Waals surface area contributed by atoms with Crippen LogP contribution in [0.4, 0.5) is 23.4 Å². The van der Waals surface area contributed by atoms with Crippen molar-refractivity contribution in [3.05, 3.63) is 30.2 Å². The van der Waals surface area contributed by atoms with Crippen LogP contribution in [0.25, 0.3) is 22.2 Å². The van der Waals surface area contributed by atoms with Gasteiger partial charge in [0, 0.05) is 49.9 Å². The fourth-order valence-electron chi connectivity index (χ4n) is 7.63. The van der Waals surface area contributed by atoms with E-state index >= 15 is 4.39 Å². The molecule has 1 aromatic carbocycles. The lowest BCUT2D eigenvalue weighted by Gasteiger charge is -2.34. The predicted molar refractivity (Wildman–Crippen MR) is 154 cm³/mol. The van der Waals surface area contributed by atoms with Crippen molar-refractivity contribution in [2.24, 2.45) is 0 Å². The number of rotatable bonds is 8. The third kappa shape index (κ3) is 4.70. The lowest BCUT2D eigenvalue weighted by atomic mass is 9.95. The van der Waals surface area contributed by atoms with Crippen molar-refractivity contribution >= 4 is 16.7 Å². The molecule has 1 saturated carbocycles. The molecule has 4 saturated heterocycles. The summed E-state index contributed by atoms with van der Waals surface area (Å²) in [5.74, 6) is -0.503. The maximum Gasteiger partial charge on any atom is 0.319 e. The van der Waals surface area contributed by atoms with E-state index in [0.717, 1.165) is 32.2 Å². The molecule has 2 unspecified atom stereocenters. The number of piperazine rings is 1. The molecule has 44 heavy (non-hydrogen) atoms. The number of halogens is 4. The Morgan fingerprint density at radius 1 is 1.09 bits per heavy atom. The summed E-state index contributed by atoms with van der Waals surface area (Å²) in [7, 11) is 0. The van der Waals surface area contributed by atoms with Crippen molar-refractivity contribution in [1.82, 2.24) is 25.2 Å². The number of nitrogens with zero attached hydrogens (tertiary/aromatic N) is 5. The lowest BCUT2D eigenvalue weighted by Crippen LogP contribution is -2.51. The topological polar surface area (TPSA) is 95.9 Å². The number of nitrogens with one attached hydrogen (secondary N) is 1. The zero-order valence-corrected chi connectivity index (χ0v) is 24.1. The Labute approximate surface area is 251 Å². The lowest BCUT2D eigenvalue weighted by molar-refractivity contribution is -0.00667. The first-order valence-electron chi connectivity index (χ1n) is 15.4. The summed E-state index contributed by atoms with van der Waals surface area (Å²) < 4.78 is 70.4. The molecule has 4 aliphatic heterocycles. The molecule has 0 amide bonds. The van der Waals surface area contributed by atoms with Crippen LogP contribution in [-0.4, -0.2) is 93.6 Å². The minimum absolute atomic E-state index is 0.00165. The van der Waals surface area contributed by atoms with Gasteiger partial charge in [-0.15, -0.1) is 0 Å². The van der Waals surface area contributed by atoms with E-state index in [4.69, 9.17) is 14.5 Å². The standard InChI is InChI=1S/C31H34F4N6O3/c32-17-11-30(6-1-9-41(30)13-17)16-43-29-38-26-22(27(39-29)40-14-18-2-3-19(15-40)37-18)12-36-25(24(26)33)21-10-20(42)4-5-23(21)44-31(7-8-31)28(34)35/h4-5,10,12,17-19,28,37,42H,1-3,6-9,11,13-16H2/t17-,18?,19?,30+/m1/s1. The van der Waals surface area contributed by atoms with Crippen molar-refractivity contribution in [1.29, 1.82) is 0 Å². The number of pyridine rings is 1. The molecule has 2 aromatic heterocycles. The highest BCUT2D eigenvalue weighted by molar-refractivity contribution is 5.92. The molecule has 3 aromatic rings. The van der Waals surface area contributed by atoms with Gasteiger partial charge in [-0.2, -0.15) is 9.97 Å². The molecule has 4 atom stereocenters. The second-order valence-corrected chi connectivity index (χ2v) is 13.1. The molecule has 13 heteroatoms. The smallest absolute Gasteiger partial charge is 0.319 e. The molecule has 2 N–H and O–H groups in total. The molecule has 2 bridgehead atoms. The molecule has 9 nitrogen and oxygen atoms in total. The largest absolute Gasteiger partial charge is 0.508 e. The van der Waals surface area contributed by atoms with E-state index in [1.807, 2.05) is 0 Å². The number of anilines is 1. The number of phenolic OH excluding ortho intramolecular Hbond substituents is 1. The van der Waals surface area contributed by atoms with E-state index < -0.39 is 29.6 Å². The summed E-state index contributed by atoms with van der Waals surface area (Å²) in [6.45, 7) is 2.72. The Morgan fingerprint density at radius 3 is 2.64 bits per heavy atom. The average Bonchev–Trinajstić information content (AvgIpc) is 3.44. The zero-order chi connectivity index (χ0) is 30.2. The number of alkyl halides is 3. The van der Waals surface area contributed by atoms with Gasteiger partial charge in [0.15, 0.2) is 11.4 Å². The van der Waals surface area contributed by atoms with Gasteiger partial charge in [-0.25, -0.2) is 17.6 Å². The first-order chi connectivity index (χ1) is 21.2. The fourth-order valence-corrected chi connectivity index (χ4v) is 7.63. The quantitative estimate of drug-likeness (QED) is 0.353. The van der Waals surface area contributed by atoms with Gasteiger partial charge in [0.1, 0.15) is 41.3 Å². The summed E-state index contributed by atoms with van der Waals surface area (Å²) in [4.78, 5) is 17.9. The van der Waals surface area contributed by atoms with Gasteiger partial charge in [-0.1, -0.05) is 0 Å². The molecule has 6 heterocycles. The van der Waals surface area contributed by atoms with Crippen molar-refractivity contribution < 1.29 is 32.1 Å². The normalized spacial score (nSPS) is 29.0. The van der Waals surface area contributed by atoms with Crippen LogP contribution in [0.2, 0.25) is 0 Å². The zero-order valence-electron chi connectivity index (χ0n) is 24.1. The second kappa shape index (κ2) is 10.3. The summed E-state index contributed by atoms with van der Waals surface area (Å²) >= 11 is 0.